The summed E-state index contributed by atoms with van der Waals surface area (Å²) in [5.74, 6) is -0.677. The molecule has 2 aliphatic heterocycles. The smallest absolute Gasteiger partial charge is 0.257 e. The van der Waals surface area contributed by atoms with Gasteiger partial charge in [-0.25, -0.2) is 8.91 Å². The van der Waals surface area contributed by atoms with Crippen LogP contribution >= 0.6 is 0 Å². The monoisotopic (exact) mass is 304 g/mol. The van der Waals surface area contributed by atoms with E-state index >= 15 is 0 Å². The standard InChI is InChI=1S/C15H17FN4O2/c16-13-12(18-4-1-2-5-18)3-6-20-14(13)11(7-17-20)15(22)19-8-10(21)9-19/h3,6-7,10,21H,1-2,4-5,8-9H2. The van der Waals surface area contributed by atoms with Crippen LogP contribution in [0.2, 0.25) is 0 Å². The molecule has 1 N–H and O–H groups in total. The fourth-order valence-corrected chi connectivity index (χ4v) is 3.18. The second kappa shape index (κ2) is 4.95. The molecule has 2 saturated heterocycles. The molecule has 6 nitrogen and oxygen atoms in total. The van der Waals surface area contributed by atoms with Crippen molar-refractivity contribution in [2.45, 2.75) is 18.9 Å². The van der Waals surface area contributed by atoms with Crippen LogP contribution < -0.4 is 4.90 Å². The van der Waals surface area contributed by atoms with Crippen LogP contribution in [-0.2, 0) is 0 Å². The number of aliphatic hydroxyl groups is 1. The number of amides is 1. The summed E-state index contributed by atoms with van der Waals surface area (Å²) in [5, 5.41) is 13.4. The number of aliphatic hydroxyl groups excluding tert-OH is 1. The number of carbonyl (C=O) groups excluding carboxylic acids is 1. The lowest BCUT2D eigenvalue weighted by Crippen LogP contribution is -2.53. The number of carbonyl (C=O) groups is 1. The first-order chi connectivity index (χ1) is 10.6. The zero-order valence-corrected chi connectivity index (χ0v) is 12.1. The summed E-state index contributed by atoms with van der Waals surface area (Å²) in [6, 6.07) is 1.71. The van der Waals surface area contributed by atoms with Gasteiger partial charge in [0.2, 0.25) is 0 Å². The molecule has 7 heteroatoms. The zero-order chi connectivity index (χ0) is 15.3. The first-order valence-electron chi connectivity index (χ1n) is 7.53. The van der Waals surface area contributed by atoms with Gasteiger partial charge in [0, 0.05) is 32.4 Å². The normalized spacial score (nSPS) is 19.0. The summed E-state index contributed by atoms with van der Waals surface area (Å²) in [6.45, 7) is 2.26. The van der Waals surface area contributed by atoms with Crippen LogP contribution in [0, 0.1) is 5.82 Å². The number of nitrogens with zero attached hydrogens (tertiary/aromatic N) is 4. The fraction of sp³-hybridized carbons (Fsp3) is 0.467. The first kappa shape index (κ1) is 13.5. The van der Waals surface area contributed by atoms with E-state index in [0.29, 0.717) is 18.8 Å². The number of likely N-dealkylation sites (tertiary alicyclic amines) is 1. The Kier molecular flexibility index (Phi) is 3.04. The van der Waals surface area contributed by atoms with Gasteiger partial charge in [-0.15, -0.1) is 0 Å². The molecule has 22 heavy (non-hydrogen) atoms. The molecule has 4 rings (SSSR count). The van der Waals surface area contributed by atoms with Crippen molar-refractivity contribution < 1.29 is 14.3 Å². The molecular weight excluding hydrogens is 287 g/mol. The predicted molar refractivity (Wildman–Crippen MR) is 78.5 cm³/mol. The van der Waals surface area contributed by atoms with E-state index in [9.17, 15) is 14.3 Å². The highest BCUT2D eigenvalue weighted by molar-refractivity contribution is 6.01. The maximum Gasteiger partial charge on any atom is 0.257 e. The Morgan fingerprint density at radius 3 is 2.73 bits per heavy atom. The summed E-state index contributed by atoms with van der Waals surface area (Å²) >= 11 is 0. The van der Waals surface area contributed by atoms with Crippen LogP contribution in [-0.4, -0.2) is 57.8 Å². The SMILES string of the molecule is O=C(c1cnn2ccc(N3CCCC3)c(F)c12)N1CC(O)C1. The molecule has 0 spiro atoms. The Hall–Kier alpha value is -2.15. The van der Waals surface area contributed by atoms with E-state index in [-0.39, 0.29) is 17.0 Å². The van der Waals surface area contributed by atoms with Crippen LogP contribution in [0.1, 0.15) is 23.2 Å². The van der Waals surface area contributed by atoms with Gasteiger partial charge in [-0.3, -0.25) is 4.79 Å². The minimum Gasteiger partial charge on any atom is -0.389 e. The van der Waals surface area contributed by atoms with Gasteiger partial charge in [0.1, 0.15) is 5.52 Å². The number of anilines is 1. The summed E-state index contributed by atoms with van der Waals surface area (Å²) in [5.41, 5.74) is 1.00. The third kappa shape index (κ3) is 1.96. The summed E-state index contributed by atoms with van der Waals surface area (Å²) < 4.78 is 16.3. The van der Waals surface area contributed by atoms with E-state index in [2.05, 4.69) is 5.10 Å². The topological polar surface area (TPSA) is 61.1 Å². The number of β-amino-alcohol motifs (C(OH)–C–C–N with tert-alkyl or cyclic N) is 1. The molecule has 0 atom stereocenters. The first-order valence-corrected chi connectivity index (χ1v) is 7.53. The number of fused-ring (bicyclic) bond motifs is 1. The number of pyridine rings is 1. The highest BCUT2D eigenvalue weighted by Crippen LogP contribution is 2.28. The minimum absolute atomic E-state index is 0.218. The average molecular weight is 304 g/mol. The van der Waals surface area contributed by atoms with Crippen molar-refractivity contribution in [3.8, 4) is 0 Å². The van der Waals surface area contributed by atoms with Gasteiger partial charge < -0.3 is 14.9 Å². The van der Waals surface area contributed by atoms with E-state index in [4.69, 9.17) is 0 Å². The van der Waals surface area contributed by atoms with Gasteiger partial charge in [-0.2, -0.15) is 5.10 Å². The Bertz CT molecular complexity index is 732. The van der Waals surface area contributed by atoms with Gasteiger partial charge in [0.05, 0.1) is 23.6 Å². The van der Waals surface area contributed by atoms with Crippen molar-refractivity contribution >= 4 is 17.1 Å². The van der Waals surface area contributed by atoms with Gasteiger partial charge in [-0.1, -0.05) is 0 Å². The molecule has 0 aliphatic carbocycles. The molecular formula is C15H17FN4O2. The third-order valence-corrected chi connectivity index (χ3v) is 4.43. The van der Waals surface area contributed by atoms with Gasteiger partial charge in [0.15, 0.2) is 5.82 Å². The molecule has 2 aromatic rings. The molecule has 0 aromatic carbocycles. The largest absolute Gasteiger partial charge is 0.389 e. The summed E-state index contributed by atoms with van der Waals surface area (Å²) in [4.78, 5) is 15.9. The van der Waals surface area contributed by atoms with E-state index in [1.54, 1.807) is 12.3 Å². The number of hydrogen-bond donors (Lipinski definition) is 1. The maximum atomic E-state index is 14.9. The highest BCUT2D eigenvalue weighted by Gasteiger charge is 2.32. The van der Waals surface area contributed by atoms with Gasteiger partial charge in [-0.05, 0) is 18.9 Å². The minimum atomic E-state index is -0.476. The highest BCUT2D eigenvalue weighted by atomic mass is 19.1. The number of hydrogen-bond acceptors (Lipinski definition) is 4. The Labute approximate surface area is 126 Å². The summed E-state index contributed by atoms with van der Waals surface area (Å²) in [6.07, 6.45) is 4.73. The Morgan fingerprint density at radius 2 is 2.05 bits per heavy atom. The van der Waals surface area contributed by atoms with E-state index in [1.807, 2.05) is 4.90 Å². The molecule has 0 radical (unpaired) electrons. The quantitative estimate of drug-likeness (QED) is 0.895. The van der Waals surface area contributed by atoms with Gasteiger partial charge >= 0.3 is 0 Å². The molecule has 0 saturated carbocycles. The number of halogens is 1. The number of aromatic nitrogens is 2. The van der Waals surface area contributed by atoms with Crippen molar-refractivity contribution in [1.82, 2.24) is 14.5 Å². The molecule has 0 unspecified atom stereocenters. The molecule has 0 bridgehead atoms. The Balaban J connectivity index is 1.76. The molecule has 4 heterocycles. The van der Waals surface area contributed by atoms with E-state index in [0.717, 1.165) is 25.9 Å². The average Bonchev–Trinajstić information content (AvgIpc) is 3.12. The molecule has 2 aliphatic rings. The molecule has 116 valence electrons. The fourth-order valence-electron chi connectivity index (χ4n) is 3.18. The van der Waals surface area contributed by atoms with Crippen LogP contribution in [0.4, 0.5) is 10.1 Å². The lowest BCUT2D eigenvalue weighted by Gasteiger charge is -2.35. The Morgan fingerprint density at radius 1 is 1.32 bits per heavy atom. The molecule has 2 fully saturated rings. The van der Waals surface area contributed by atoms with Crippen molar-refractivity contribution in [2.75, 3.05) is 31.1 Å². The van der Waals surface area contributed by atoms with Crippen molar-refractivity contribution in [2.24, 2.45) is 0 Å². The number of rotatable bonds is 2. The molecule has 2 aromatic heterocycles. The second-order valence-electron chi connectivity index (χ2n) is 5.92. The molecule has 1 amide bonds. The van der Waals surface area contributed by atoms with Crippen LogP contribution in [0.25, 0.3) is 5.52 Å². The third-order valence-electron chi connectivity index (χ3n) is 4.43. The van der Waals surface area contributed by atoms with Crippen LogP contribution in [0.15, 0.2) is 18.5 Å². The van der Waals surface area contributed by atoms with E-state index in [1.165, 1.54) is 15.6 Å². The van der Waals surface area contributed by atoms with Crippen LogP contribution in [0.5, 0.6) is 0 Å². The van der Waals surface area contributed by atoms with E-state index < -0.39 is 11.9 Å². The lowest BCUT2D eigenvalue weighted by molar-refractivity contribution is 0.00601. The van der Waals surface area contributed by atoms with Crippen molar-refractivity contribution in [3.63, 3.8) is 0 Å². The lowest BCUT2D eigenvalue weighted by atomic mass is 10.1. The predicted octanol–water partition coefficient (Wildman–Crippen LogP) is 0.890. The van der Waals surface area contributed by atoms with Crippen LogP contribution in [0.3, 0.4) is 0 Å². The van der Waals surface area contributed by atoms with Crippen molar-refractivity contribution in [3.05, 3.63) is 29.8 Å². The van der Waals surface area contributed by atoms with Gasteiger partial charge in [0.25, 0.3) is 5.91 Å². The maximum absolute atomic E-state index is 14.9. The second-order valence-corrected chi connectivity index (χ2v) is 5.92. The summed E-state index contributed by atoms with van der Waals surface area (Å²) in [7, 11) is 0. The van der Waals surface area contributed by atoms with Crippen molar-refractivity contribution in [1.29, 1.82) is 0 Å². The zero-order valence-electron chi connectivity index (χ0n) is 12.1.